The summed E-state index contributed by atoms with van der Waals surface area (Å²) in [5, 5.41) is 1.66. The smallest absolute Gasteiger partial charge is 0.404 e. The Morgan fingerprint density at radius 1 is 1.29 bits per heavy atom. The first-order valence-electron chi connectivity index (χ1n) is 8.78. The van der Waals surface area contributed by atoms with Gasteiger partial charge in [0.1, 0.15) is 10.9 Å². The van der Waals surface area contributed by atoms with E-state index in [1.807, 2.05) is 36.4 Å². The number of benzene rings is 1. The van der Waals surface area contributed by atoms with Crippen molar-refractivity contribution in [3.8, 4) is 0 Å². The average Bonchev–Trinajstić information content (AvgIpc) is 2.98. The van der Waals surface area contributed by atoms with Gasteiger partial charge in [-0.1, -0.05) is 43.3 Å². The number of hydrogen-bond donors (Lipinski definition) is 1. The summed E-state index contributed by atoms with van der Waals surface area (Å²) in [6.07, 6.45) is 2.67. The first kappa shape index (κ1) is 20.2. The molecule has 8 heteroatoms. The predicted molar refractivity (Wildman–Crippen MR) is 110 cm³/mol. The number of ether oxygens (including phenoxy) is 1. The van der Waals surface area contributed by atoms with Gasteiger partial charge < -0.3 is 15.0 Å². The molecule has 0 bridgehead atoms. The van der Waals surface area contributed by atoms with E-state index in [1.54, 1.807) is 24.2 Å². The maximum absolute atomic E-state index is 11.1. The second-order valence-corrected chi connectivity index (χ2v) is 7.98. The molecule has 0 fully saturated rings. The molecular formula is C20H21ClN4O2S. The minimum atomic E-state index is -0.825. The standard InChI is InChI=1S/C20H21ClN4O2S/c1-13(2)18-19(28-16-5-3-4-15(21)10-16)25(11-14-6-8-23-9-7-14)17(24-18)12-27-20(22)26/h3-10,13H,11-12H2,1-2H3,(H2,22,26). The minimum Gasteiger partial charge on any atom is -0.442 e. The summed E-state index contributed by atoms with van der Waals surface area (Å²) < 4.78 is 7.09. The lowest BCUT2D eigenvalue weighted by Gasteiger charge is -2.13. The lowest BCUT2D eigenvalue weighted by molar-refractivity contribution is 0.145. The van der Waals surface area contributed by atoms with Crippen molar-refractivity contribution in [2.75, 3.05) is 0 Å². The van der Waals surface area contributed by atoms with Gasteiger partial charge in [0.2, 0.25) is 0 Å². The molecule has 0 aliphatic rings. The van der Waals surface area contributed by atoms with E-state index in [0.717, 1.165) is 21.2 Å². The molecule has 3 aromatic rings. The van der Waals surface area contributed by atoms with E-state index in [-0.39, 0.29) is 12.5 Å². The molecule has 2 N–H and O–H groups in total. The second-order valence-electron chi connectivity index (χ2n) is 6.48. The Morgan fingerprint density at radius 3 is 2.68 bits per heavy atom. The molecule has 1 aromatic carbocycles. The average molecular weight is 417 g/mol. The van der Waals surface area contributed by atoms with Gasteiger partial charge in [-0.25, -0.2) is 9.78 Å². The molecule has 3 rings (SSSR count). The zero-order valence-electron chi connectivity index (χ0n) is 15.6. The Labute approximate surface area is 173 Å². The third-order valence-electron chi connectivity index (χ3n) is 4.02. The third-order valence-corrected chi connectivity index (χ3v) is 5.36. The monoisotopic (exact) mass is 416 g/mol. The molecule has 2 heterocycles. The van der Waals surface area contributed by atoms with Crippen LogP contribution in [0.5, 0.6) is 0 Å². The SMILES string of the molecule is CC(C)c1nc(COC(N)=O)n(Cc2ccncc2)c1Sc1cccc(Cl)c1. The molecule has 0 atom stereocenters. The van der Waals surface area contributed by atoms with Crippen LogP contribution in [-0.2, 0) is 17.9 Å². The summed E-state index contributed by atoms with van der Waals surface area (Å²) in [6, 6.07) is 11.6. The normalized spacial score (nSPS) is 11.0. The van der Waals surface area contributed by atoms with Gasteiger partial charge in [-0.2, -0.15) is 0 Å². The number of nitrogens with two attached hydrogens (primary N) is 1. The Balaban J connectivity index is 2.06. The first-order valence-corrected chi connectivity index (χ1v) is 9.97. The van der Waals surface area contributed by atoms with Crippen molar-refractivity contribution in [3.05, 3.63) is 70.9 Å². The second kappa shape index (κ2) is 9.12. The molecule has 1 amide bonds. The molecule has 146 valence electrons. The van der Waals surface area contributed by atoms with E-state index >= 15 is 0 Å². The number of nitrogens with zero attached hydrogens (tertiary/aromatic N) is 3. The topological polar surface area (TPSA) is 83.0 Å². The van der Waals surface area contributed by atoms with Crippen molar-refractivity contribution in [2.24, 2.45) is 5.73 Å². The van der Waals surface area contributed by atoms with Crippen molar-refractivity contribution in [3.63, 3.8) is 0 Å². The quantitative estimate of drug-likeness (QED) is 0.595. The van der Waals surface area contributed by atoms with Gasteiger partial charge in [0.25, 0.3) is 0 Å². The van der Waals surface area contributed by atoms with E-state index < -0.39 is 6.09 Å². The fraction of sp³-hybridized carbons (Fsp3) is 0.250. The highest BCUT2D eigenvalue weighted by Crippen LogP contribution is 2.36. The summed E-state index contributed by atoms with van der Waals surface area (Å²) in [5.41, 5.74) is 7.16. The van der Waals surface area contributed by atoms with Crippen LogP contribution in [0.2, 0.25) is 5.02 Å². The van der Waals surface area contributed by atoms with Gasteiger partial charge in [0.05, 0.1) is 12.2 Å². The van der Waals surface area contributed by atoms with Crippen LogP contribution in [-0.4, -0.2) is 20.6 Å². The summed E-state index contributed by atoms with van der Waals surface area (Å²) in [4.78, 5) is 21.0. The van der Waals surface area contributed by atoms with Crippen molar-refractivity contribution >= 4 is 29.5 Å². The minimum absolute atomic E-state index is 0.0102. The van der Waals surface area contributed by atoms with Gasteiger partial charge in [0.15, 0.2) is 6.61 Å². The van der Waals surface area contributed by atoms with Crippen LogP contribution in [0.3, 0.4) is 0 Å². The van der Waals surface area contributed by atoms with Crippen LogP contribution in [0.15, 0.2) is 58.7 Å². The Hall–Kier alpha value is -2.51. The number of imidazole rings is 1. The van der Waals surface area contributed by atoms with Gasteiger partial charge in [0, 0.05) is 22.3 Å². The van der Waals surface area contributed by atoms with Crippen LogP contribution < -0.4 is 5.73 Å². The summed E-state index contributed by atoms with van der Waals surface area (Å²) in [5.74, 6) is 0.830. The first-order chi connectivity index (χ1) is 13.4. The summed E-state index contributed by atoms with van der Waals surface area (Å²) in [7, 11) is 0. The molecule has 28 heavy (non-hydrogen) atoms. The maximum atomic E-state index is 11.1. The number of halogens is 1. The number of carbonyl (C=O) groups is 1. The number of primary amides is 1. The highest BCUT2D eigenvalue weighted by atomic mass is 35.5. The fourth-order valence-electron chi connectivity index (χ4n) is 2.71. The lowest BCUT2D eigenvalue weighted by atomic mass is 10.1. The number of amides is 1. The molecule has 0 saturated carbocycles. The molecule has 0 spiro atoms. The molecule has 0 unspecified atom stereocenters. The van der Waals surface area contributed by atoms with E-state index in [0.29, 0.717) is 17.4 Å². The van der Waals surface area contributed by atoms with E-state index in [4.69, 9.17) is 27.1 Å². The Bertz CT molecular complexity index is 960. The molecule has 0 radical (unpaired) electrons. The van der Waals surface area contributed by atoms with Crippen LogP contribution in [0.25, 0.3) is 0 Å². The van der Waals surface area contributed by atoms with Gasteiger partial charge >= 0.3 is 6.09 Å². The number of aromatic nitrogens is 3. The molecular weight excluding hydrogens is 396 g/mol. The molecule has 0 aliphatic carbocycles. The van der Waals surface area contributed by atoms with Crippen molar-refractivity contribution in [1.82, 2.24) is 14.5 Å². The van der Waals surface area contributed by atoms with Crippen molar-refractivity contribution in [1.29, 1.82) is 0 Å². The Kier molecular flexibility index (Phi) is 6.59. The third kappa shape index (κ3) is 5.05. The van der Waals surface area contributed by atoms with E-state index in [9.17, 15) is 4.79 Å². The predicted octanol–water partition coefficient (Wildman–Crippen LogP) is 4.85. The molecule has 0 saturated heterocycles. The number of hydrogen-bond acceptors (Lipinski definition) is 5. The number of pyridine rings is 1. The van der Waals surface area contributed by atoms with Crippen LogP contribution in [0.4, 0.5) is 4.79 Å². The highest BCUT2D eigenvalue weighted by Gasteiger charge is 2.21. The molecule has 0 aliphatic heterocycles. The van der Waals surface area contributed by atoms with Crippen LogP contribution in [0, 0.1) is 0 Å². The number of carbonyl (C=O) groups excluding carboxylic acids is 1. The lowest BCUT2D eigenvalue weighted by Crippen LogP contribution is -2.15. The van der Waals surface area contributed by atoms with E-state index in [1.165, 1.54) is 0 Å². The maximum Gasteiger partial charge on any atom is 0.404 e. The van der Waals surface area contributed by atoms with Gasteiger partial charge in [-0.05, 0) is 41.8 Å². The van der Waals surface area contributed by atoms with Crippen molar-refractivity contribution in [2.45, 2.75) is 42.8 Å². The largest absolute Gasteiger partial charge is 0.442 e. The van der Waals surface area contributed by atoms with Gasteiger partial charge in [-0.3, -0.25) is 4.98 Å². The molecule has 6 nitrogen and oxygen atoms in total. The fourth-order valence-corrected chi connectivity index (χ4v) is 4.18. The zero-order valence-corrected chi connectivity index (χ0v) is 17.2. The summed E-state index contributed by atoms with van der Waals surface area (Å²) in [6.45, 7) is 4.75. The van der Waals surface area contributed by atoms with Crippen LogP contribution in [0.1, 0.15) is 36.8 Å². The van der Waals surface area contributed by atoms with Gasteiger partial charge in [-0.15, -0.1) is 0 Å². The molecule has 2 aromatic heterocycles. The Morgan fingerprint density at radius 2 is 2.04 bits per heavy atom. The van der Waals surface area contributed by atoms with Crippen molar-refractivity contribution < 1.29 is 9.53 Å². The summed E-state index contributed by atoms with van der Waals surface area (Å²) >= 11 is 7.74. The van der Waals surface area contributed by atoms with Crippen LogP contribution >= 0.6 is 23.4 Å². The zero-order chi connectivity index (χ0) is 20.1. The van der Waals surface area contributed by atoms with E-state index in [2.05, 4.69) is 23.4 Å². The number of rotatable bonds is 7. The highest BCUT2D eigenvalue weighted by molar-refractivity contribution is 7.99.